The van der Waals surface area contributed by atoms with Gasteiger partial charge in [-0.3, -0.25) is 9.36 Å². The Bertz CT molecular complexity index is 1410. The molecule has 0 radical (unpaired) electrons. The predicted octanol–water partition coefficient (Wildman–Crippen LogP) is 6.44. The van der Waals surface area contributed by atoms with Crippen LogP contribution in [0.4, 0.5) is 0 Å². The number of hydrogen-bond acceptors (Lipinski definition) is 3. The normalized spacial score (nSPS) is 11.0. The average Bonchev–Trinajstić information content (AvgIpc) is 3.19. The largest absolute Gasteiger partial charge is 0.323 e. The number of para-hydroxylation sites is 1. The molecular weight excluding hydrogens is 396 g/mol. The number of nitrogens with zero attached hydrogens (tertiary/aromatic N) is 1. The Morgan fingerprint density at radius 1 is 0.759 bits per heavy atom. The number of fused-ring (bicyclic) bond motifs is 1. The summed E-state index contributed by atoms with van der Waals surface area (Å²) in [4.78, 5) is 17.4. The predicted molar refractivity (Wildman–Crippen MR) is 123 cm³/mol. The number of nitrogens with one attached hydrogen (secondary N) is 1. The van der Waals surface area contributed by atoms with Gasteiger partial charge in [0.1, 0.15) is 4.83 Å². The molecule has 3 aromatic carbocycles. The van der Waals surface area contributed by atoms with Crippen LogP contribution in [0.3, 0.4) is 0 Å². The number of benzene rings is 3. The van der Waals surface area contributed by atoms with Crippen molar-refractivity contribution in [2.24, 2.45) is 0 Å². The van der Waals surface area contributed by atoms with Crippen LogP contribution in [0.15, 0.2) is 95.1 Å². The van der Waals surface area contributed by atoms with Crippen LogP contribution in [0.25, 0.3) is 38.2 Å². The molecule has 2 aromatic heterocycles. The van der Waals surface area contributed by atoms with Gasteiger partial charge in [-0.25, -0.2) is 0 Å². The Hall–Kier alpha value is -3.28. The summed E-state index contributed by atoms with van der Waals surface area (Å²) in [5.74, 6) is 0. The second-order valence-corrected chi connectivity index (χ2v) is 7.97. The third-order valence-electron chi connectivity index (χ3n) is 4.95. The Morgan fingerprint density at radius 2 is 1.34 bits per heavy atom. The molecule has 5 rings (SSSR count). The molecule has 0 unspecified atom stereocenters. The van der Waals surface area contributed by atoms with Crippen LogP contribution in [0, 0.1) is 4.77 Å². The molecule has 0 aliphatic carbocycles. The highest BCUT2D eigenvalue weighted by Gasteiger charge is 2.15. The van der Waals surface area contributed by atoms with Crippen LogP contribution in [-0.2, 0) is 0 Å². The molecular formula is C24H16N2OS2. The van der Waals surface area contributed by atoms with Crippen molar-refractivity contribution >= 4 is 33.8 Å². The van der Waals surface area contributed by atoms with Gasteiger partial charge in [0.25, 0.3) is 5.56 Å². The number of rotatable bonds is 3. The van der Waals surface area contributed by atoms with Gasteiger partial charge in [-0.1, -0.05) is 72.8 Å². The molecule has 0 fully saturated rings. The summed E-state index contributed by atoms with van der Waals surface area (Å²) in [6.45, 7) is 0. The summed E-state index contributed by atoms with van der Waals surface area (Å²) < 4.78 is 1.97. The van der Waals surface area contributed by atoms with E-state index in [9.17, 15) is 4.79 Å². The quantitative estimate of drug-likeness (QED) is 0.346. The molecule has 29 heavy (non-hydrogen) atoms. The van der Waals surface area contributed by atoms with Crippen molar-refractivity contribution in [2.75, 3.05) is 0 Å². The van der Waals surface area contributed by atoms with E-state index in [1.54, 1.807) is 4.57 Å². The Kier molecular flexibility index (Phi) is 4.46. The number of hydrogen-bond donors (Lipinski definition) is 1. The van der Waals surface area contributed by atoms with Gasteiger partial charge in [0.05, 0.1) is 11.1 Å². The molecule has 140 valence electrons. The molecule has 5 aromatic rings. The van der Waals surface area contributed by atoms with E-state index in [4.69, 9.17) is 12.2 Å². The number of aromatic nitrogens is 2. The molecule has 0 saturated carbocycles. The zero-order chi connectivity index (χ0) is 19.8. The maximum Gasteiger partial charge on any atom is 0.268 e. The first-order chi connectivity index (χ1) is 14.2. The first-order valence-corrected chi connectivity index (χ1v) is 10.5. The minimum absolute atomic E-state index is 0.0988. The Morgan fingerprint density at radius 3 is 2.03 bits per heavy atom. The number of thiophene rings is 1. The molecule has 0 atom stereocenters. The van der Waals surface area contributed by atoms with Crippen molar-refractivity contribution in [1.29, 1.82) is 0 Å². The summed E-state index contributed by atoms with van der Waals surface area (Å²) in [6, 6.07) is 28.1. The summed E-state index contributed by atoms with van der Waals surface area (Å²) in [7, 11) is 0. The van der Waals surface area contributed by atoms with Gasteiger partial charge in [-0.15, -0.1) is 11.3 Å². The summed E-state index contributed by atoms with van der Waals surface area (Å²) in [6.07, 6.45) is 0. The van der Waals surface area contributed by atoms with Gasteiger partial charge in [-0.2, -0.15) is 0 Å². The van der Waals surface area contributed by atoms with Crippen LogP contribution in [0.5, 0.6) is 0 Å². The molecule has 0 spiro atoms. The van der Waals surface area contributed by atoms with Gasteiger partial charge in [0.15, 0.2) is 4.77 Å². The molecule has 0 aliphatic rings. The van der Waals surface area contributed by atoms with Crippen LogP contribution >= 0.6 is 23.6 Å². The third kappa shape index (κ3) is 3.14. The SMILES string of the molecule is O=c1c2c(-c3ccc(-c4ccccc4)cc3)csc2[nH]c(=S)n1-c1ccccc1. The standard InChI is InChI=1S/C24H16N2OS2/c27-23-21-20(18-13-11-17(12-14-18)16-7-3-1-4-8-16)15-29-22(21)25-24(28)26(23)19-9-5-2-6-10-19/h1-15H,(H,25,28). The highest BCUT2D eigenvalue weighted by Crippen LogP contribution is 2.32. The van der Waals surface area contributed by atoms with E-state index in [-0.39, 0.29) is 5.56 Å². The van der Waals surface area contributed by atoms with Crippen LogP contribution < -0.4 is 5.56 Å². The molecule has 2 heterocycles. The first-order valence-electron chi connectivity index (χ1n) is 9.20. The maximum atomic E-state index is 13.4. The monoisotopic (exact) mass is 412 g/mol. The van der Waals surface area contributed by atoms with Crippen LogP contribution in [-0.4, -0.2) is 9.55 Å². The van der Waals surface area contributed by atoms with Crippen LogP contribution in [0.2, 0.25) is 0 Å². The van der Waals surface area contributed by atoms with E-state index >= 15 is 0 Å². The van der Waals surface area contributed by atoms with Crippen molar-refractivity contribution < 1.29 is 0 Å². The molecule has 5 heteroatoms. The lowest BCUT2D eigenvalue weighted by Crippen LogP contribution is -2.20. The molecule has 0 bridgehead atoms. The fourth-order valence-corrected chi connectivity index (χ4v) is 4.83. The minimum atomic E-state index is -0.0988. The lowest BCUT2D eigenvalue weighted by atomic mass is 10.0. The average molecular weight is 413 g/mol. The van der Waals surface area contributed by atoms with Gasteiger partial charge in [-0.05, 0) is 41.0 Å². The lowest BCUT2D eigenvalue weighted by Gasteiger charge is -2.08. The van der Waals surface area contributed by atoms with E-state index in [1.165, 1.54) is 16.9 Å². The molecule has 0 saturated heterocycles. The van der Waals surface area contributed by atoms with Gasteiger partial charge in [0.2, 0.25) is 0 Å². The Labute approximate surface area is 176 Å². The first kappa shape index (κ1) is 17.8. The molecule has 0 amide bonds. The van der Waals surface area contributed by atoms with Crippen molar-refractivity contribution in [2.45, 2.75) is 0 Å². The maximum absolute atomic E-state index is 13.4. The Balaban J connectivity index is 1.67. The van der Waals surface area contributed by atoms with E-state index in [0.717, 1.165) is 27.2 Å². The molecule has 1 N–H and O–H groups in total. The highest BCUT2D eigenvalue weighted by molar-refractivity contribution is 7.71. The van der Waals surface area contributed by atoms with Crippen molar-refractivity contribution in [3.05, 3.63) is 105 Å². The van der Waals surface area contributed by atoms with Crippen molar-refractivity contribution in [1.82, 2.24) is 9.55 Å². The molecule has 3 nitrogen and oxygen atoms in total. The van der Waals surface area contributed by atoms with E-state index in [2.05, 4.69) is 41.4 Å². The second kappa shape index (κ2) is 7.28. The van der Waals surface area contributed by atoms with E-state index < -0.39 is 0 Å². The topological polar surface area (TPSA) is 37.8 Å². The minimum Gasteiger partial charge on any atom is -0.323 e. The van der Waals surface area contributed by atoms with Crippen molar-refractivity contribution in [3.8, 4) is 27.9 Å². The van der Waals surface area contributed by atoms with Gasteiger partial charge < -0.3 is 4.98 Å². The highest BCUT2D eigenvalue weighted by atomic mass is 32.1. The second-order valence-electron chi connectivity index (χ2n) is 6.70. The number of H-pyrrole nitrogens is 1. The van der Waals surface area contributed by atoms with Crippen LogP contribution in [0.1, 0.15) is 0 Å². The fourth-order valence-electron chi connectivity index (χ4n) is 3.52. The number of aromatic amines is 1. The molecule has 0 aliphatic heterocycles. The van der Waals surface area contributed by atoms with Gasteiger partial charge >= 0.3 is 0 Å². The fraction of sp³-hybridized carbons (Fsp3) is 0. The van der Waals surface area contributed by atoms with E-state index in [1.807, 2.05) is 53.9 Å². The van der Waals surface area contributed by atoms with Gasteiger partial charge in [0, 0.05) is 10.9 Å². The summed E-state index contributed by atoms with van der Waals surface area (Å²) in [5.41, 5.74) is 4.92. The van der Waals surface area contributed by atoms with Crippen molar-refractivity contribution in [3.63, 3.8) is 0 Å². The smallest absolute Gasteiger partial charge is 0.268 e. The summed E-state index contributed by atoms with van der Waals surface area (Å²) >= 11 is 6.97. The zero-order valence-corrected chi connectivity index (χ0v) is 17.0. The third-order valence-corrected chi connectivity index (χ3v) is 6.13. The van der Waals surface area contributed by atoms with E-state index in [0.29, 0.717) is 10.2 Å². The summed E-state index contributed by atoms with van der Waals surface area (Å²) in [5, 5.41) is 2.68. The zero-order valence-electron chi connectivity index (χ0n) is 15.3. The lowest BCUT2D eigenvalue weighted by molar-refractivity contribution is 0.944.